The van der Waals surface area contributed by atoms with Crippen LogP contribution in [-0.4, -0.2) is 99.3 Å². The van der Waals surface area contributed by atoms with E-state index in [0.717, 1.165) is 31.8 Å². The second-order valence-corrected chi connectivity index (χ2v) is 14.3. The van der Waals surface area contributed by atoms with Crippen molar-refractivity contribution >= 4 is 23.9 Å². The maximum absolute atomic E-state index is 14.0. The van der Waals surface area contributed by atoms with E-state index in [0.29, 0.717) is 29.0 Å². The minimum Gasteiger partial charge on any atom is -0.496 e. The van der Waals surface area contributed by atoms with Crippen molar-refractivity contribution in [3.63, 3.8) is 0 Å². The van der Waals surface area contributed by atoms with E-state index in [9.17, 15) is 29.4 Å². The molecule has 2 aromatic carbocycles. The zero-order valence-corrected chi connectivity index (χ0v) is 32.6. The van der Waals surface area contributed by atoms with Crippen LogP contribution < -0.4 is 14.2 Å². The van der Waals surface area contributed by atoms with Gasteiger partial charge in [0.25, 0.3) is 0 Å². The number of methoxy groups -OCH3 is 3. The minimum atomic E-state index is -2.42. The van der Waals surface area contributed by atoms with Crippen LogP contribution in [0.3, 0.4) is 0 Å². The van der Waals surface area contributed by atoms with E-state index in [1.54, 1.807) is 50.2 Å². The number of cyclic esters (lactones) is 2. The van der Waals surface area contributed by atoms with Crippen LogP contribution in [0.2, 0.25) is 0 Å². The van der Waals surface area contributed by atoms with Crippen molar-refractivity contribution in [2.45, 2.75) is 103 Å². The summed E-state index contributed by atoms with van der Waals surface area (Å²) in [4.78, 5) is 53.0. The smallest absolute Gasteiger partial charge is 0.341 e. The maximum atomic E-state index is 14.0. The van der Waals surface area contributed by atoms with E-state index in [4.69, 9.17) is 37.9 Å². The molecule has 2 bridgehead atoms. The Labute approximate surface area is 322 Å². The lowest BCUT2D eigenvalue weighted by Gasteiger charge is -2.51. The van der Waals surface area contributed by atoms with Gasteiger partial charge in [0.1, 0.15) is 35.5 Å². The van der Waals surface area contributed by atoms with Gasteiger partial charge in [-0.25, -0.2) is 9.59 Å². The fraction of sp³-hybridized carbons (Fsp3) is 0.561. The van der Waals surface area contributed by atoms with Crippen molar-refractivity contribution < 1.29 is 67.3 Å². The molecule has 55 heavy (non-hydrogen) atoms. The van der Waals surface area contributed by atoms with Crippen molar-refractivity contribution in [2.75, 3.05) is 41.2 Å². The van der Waals surface area contributed by atoms with E-state index >= 15 is 0 Å². The number of ether oxygens (including phenoxy) is 8. The molecule has 302 valence electrons. The van der Waals surface area contributed by atoms with Gasteiger partial charge in [-0.2, -0.15) is 0 Å². The lowest BCUT2D eigenvalue weighted by molar-refractivity contribution is -0.340. The second-order valence-electron chi connectivity index (χ2n) is 14.3. The monoisotopic (exact) mass is 770 g/mol. The Morgan fingerprint density at radius 2 is 1.69 bits per heavy atom. The predicted molar refractivity (Wildman–Crippen MR) is 199 cm³/mol. The highest BCUT2D eigenvalue weighted by atomic mass is 16.7. The number of hydrogen-bond acceptors (Lipinski definition) is 14. The molecule has 0 saturated carbocycles. The lowest BCUT2D eigenvalue weighted by Crippen LogP contribution is -2.63. The van der Waals surface area contributed by atoms with Crippen LogP contribution in [0.4, 0.5) is 0 Å². The third-order valence-corrected chi connectivity index (χ3v) is 9.78. The summed E-state index contributed by atoms with van der Waals surface area (Å²) in [6.07, 6.45) is 1.60. The van der Waals surface area contributed by atoms with Crippen molar-refractivity contribution in [3.05, 3.63) is 53.6 Å². The molecular weight excluding hydrogens is 716 g/mol. The third-order valence-electron chi connectivity index (χ3n) is 9.78. The number of benzene rings is 2. The number of rotatable bonds is 12. The second kappa shape index (κ2) is 19.8. The Balaban J connectivity index is 1.78. The number of esters is 4. The molecule has 0 radical (unpaired) electrons. The highest BCUT2D eigenvalue weighted by Crippen LogP contribution is 2.46. The fourth-order valence-electron chi connectivity index (χ4n) is 6.66. The molecule has 0 spiro atoms. The Kier molecular flexibility index (Phi) is 15.5. The molecule has 0 aliphatic carbocycles. The molecule has 4 rings (SSSR count). The number of aliphatic hydroxyl groups excluding tert-OH is 1. The van der Waals surface area contributed by atoms with Gasteiger partial charge < -0.3 is 48.1 Å². The number of aliphatic hydroxyl groups is 2. The van der Waals surface area contributed by atoms with E-state index in [1.807, 2.05) is 0 Å². The van der Waals surface area contributed by atoms with Crippen molar-refractivity contribution in [3.8, 4) is 28.4 Å². The molecule has 14 heteroatoms. The van der Waals surface area contributed by atoms with Gasteiger partial charge in [0.15, 0.2) is 6.10 Å². The van der Waals surface area contributed by atoms with E-state index in [-0.39, 0.29) is 49.2 Å². The Bertz CT molecular complexity index is 1660. The summed E-state index contributed by atoms with van der Waals surface area (Å²) in [6, 6.07) is 10.0. The van der Waals surface area contributed by atoms with Crippen LogP contribution in [0.1, 0.15) is 88.9 Å². The summed E-state index contributed by atoms with van der Waals surface area (Å²) >= 11 is 0. The Morgan fingerprint density at radius 3 is 2.35 bits per heavy atom. The van der Waals surface area contributed by atoms with Crippen LogP contribution in [0, 0.1) is 5.41 Å². The molecule has 2 heterocycles. The molecule has 1 fully saturated rings. The Morgan fingerprint density at radius 1 is 0.982 bits per heavy atom. The van der Waals surface area contributed by atoms with E-state index in [1.165, 1.54) is 21.3 Å². The van der Waals surface area contributed by atoms with Crippen molar-refractivity contribution in [1.29, 1.82) is 0 Å². The van der Waals surface area contributed by atoms with Crippen LogP contribution >= 0.6 is 0 Å². The van der Waals surface area contributed by atoms with Gasteiger partial charge in [0.05, 0.1) is 58.0 Å². The molecular formula is C41H54O14. The molecule has 0 amide bonds. The first kappa shape index (κ1) is 43.1. The standard InChI is InChI=1S/C41H54O14/c1-7-8-9-10-11-15-34(43)54-38-27(22-36(45)50-6)20-28-23-29(24-42)53-35(44)18-19-51-31-17-16-26(37-32(48-4)13-12-14-33(37)49-5)21-30(31)39(46)52-25-40(2,3)41(38,47)55-28/h12-14,16-17,21-22,28-29,38,42,47H,7-11,15,18-20,23-25H2,1-6H3/b27-22+/t28-,29?,38-,41+/m0/s1. The highest BCUT2D eigenvalue weighted by Gasteiger charge is 2.59. The highest BCUT2D eigenvalue weighted by molar-refractivity contribution is 5.95. The van der Waals surface area contributed by atoms with Gasteiger partial charge in [-0.15, -0.1) is 0 Å². The van der Waals surface area contributed by atoms with E-state index < -0.39 is 66.6 Å². The number of fused-ring (bicyclic) bond motifs is 3. The SMILES string of the molecule is CCCCCCCC(=O)O[C@H]1/C(=C/C(=O)OC)C[C@H]2CC(CO)OC(=O)CCOc3ccc(-c4c(OC)cccc4OC)cc3C(=O)OCC(C)(C)[C@]1(O)O2. The predicted octanol–water partition coefficient (Wildman–Crippen LogP) is 5.48. The zero-order chi connectivity index (χ0) is 40.2. The van der Waals surface area contributed by atoms with E-state index in [2.05, 4.69) is 6.92 Å². The number of carbonyl (C=O) groups is 4. The summed E-state index contributed by atoms with van der Waals surface area (Å²) in [5, 5.41) is 22.9. The topological polar surface area (TPSA) is 183 Å². The van der Waals surface area contributed by atoms with Crippen LogP contribution in [0.5, 0.6) is 17.2 Å². The largest absolute Gasteiger partial charge is 0.496 e. The molecule has 1 saturated heterocycles. The Hall–Kier alpha value is -4.66. The maximum Gasteiger partial charge on any atom is 0.341 e. The molecule has 0 aromatic heterocycles. The average molecular weight is 771 g/mol. The summed E-state index contributed by atoms with van der Waals surface area (Å²) < 4.78 is 45.7. The lowest BCUT2D eigenvalue weighted by atomic mass is 9.75. The van der Waals surface area contributed by atoms with Crippen LogP contribution in [0.25, 0.3) is 11.1 Å². The molecule has 2 N–H and O–H groups in total. The number of unbranched alkanes of at least 4 members (excludes halogenated alkanes) is 4. The average Bonchev–Trinajstić information content (AvgIpc) is 3.17. The van der Waals surface area contributed by atoms with Crippen molar-refractivity contribution in [1.82, 2.24) is 0 Å². The number of hydrogen-bond donors (Lipinski definition) is 2. The normalized spacial score (nSPS) is 23.7. The van der Waals surface area contributed by atoms with Gasteiger partial charge in [0, 0.05) is 18.9 Å². The molecule has 1 unspecified atom stereocenters. The first-order valence-electron chi connectivity index (χ1n) is 18.6. The summed E-state index contributed by atoms with van der Waals surface area (Å²) in [7, 11) is 4.20. The number of carbonyl (C=O) groups excluding carboxylic acids is 4. The van der Waals surface area contributed by atoms with Gasteiger partial charge >= 0.3 is 23.9 Å². The first-order valence-corrected chi connectivity index (χ1v) is 18.6. The van der Waals surface area contributed by atoms with Crippen LogP contribution in [0.15, 0.2) is 48.0 Å². The quantitative estimate of drug-likeness (QED) is 0.120. The van der Waals surface area contributed by atoms with Gasteiger partial charge in [0.2, 0.25) is 5.79 Å². The van der Waals surface area contributed by atoms with Gasteiger partial charge in [-0.05, 0) is 48.2 Å². The summed E-state index contributed by atoms with van der Waals surface area (Å²) in [5.74, 6) is -4.29. The molecule has 2 aliphatic heterocycles. The minimum absolute atomic E-state index is 0.0123. The molecule has 4 atom stereocenters. The summed E-state index contributed by atoms with van der Waals surface area (Å²) in [6.45, 7) is 4.00. The van der Waals surface area contributed by atoms with Crippen molar-refractivity contribution in [2.24, 2.45) is 5.41 Å². The molecule has 2 aromatic rings. The zero-order valence-electron chi connectivity index (χ0n) is 32.6. The van der Waals surface area contributed by atoms with Gasteiger partial charge in [-0.1, -0.05) is 58.6 Å². The van der Waals surface area contributed by atoms with Gasteiger partial charge in [-0.3, -0.25) is 9.59 Å². The fourth-order valence-corrected chi connectivity index (χ4v) is 6.66. The molecule has 14 nitrogen and oxygen atoms in total. The van der Waals surface area contributed by atoms with Crippen LogP contribution in [-0.2, 0) is 38.1 Å². The summed E-state index contributed by atoms with van der Waals surface area (Å²) in [5.41, 5.74) is -0.284. The third kappa shape index (κ3) is 10.8. The first-order chi connectivity index (χ1) is 26.3. The molecule has 2 aliphatic rings.